The van der Waals surface area contributed by atoms with E-state index in [-0.39, 0.29) is 0 Å². The van der Waals surface area contributed by atoms with Crippen LogP contribution in [0.3, 0.4) is 0 Å². The zero-order chi connectivity index (χ0) is 14.5. The van der Waals surface area contributed by atoms with Gasteiger partial charge in [0.1, 0.15) is 10.6 Å². The lowest BCUT2D eigenvalue weighted by Gasteiger charge is -2.11. The van der Waals surface area contributed by atoms with Crippen LogP contribution in [-0.2, 0) is 0 Å². The molecule has 6 heteroatoms. The number of hydrogen-bond acceptors (Lipinski definition) is 6. The largest absolute Gasteiger partial charge is 0.369 e. The number of hydrogen-bond donors (Lipinski definition) is 2. The first-order valence-electron chi connectivity index (χ1n) is 7.00. The molecular formula is C14H23N5S. The zero-order valence-corrected chi connectivity index (χ0v) is 13.5. The van der Waals surface area contributed by atoms with Crippen molar-refractivity contribution in [2.24, 2.45) is 0 Å². The molecule has 0 saturated heterocycles. The standard InChI is InChI=1S/C14H23N5S/c1-5-15-14-17-12(16-7-6-8-19(3)4)11-9-10(2)20-13(11)18-14/h9H,5-8H2,1-4H3,(H2,15,16,17,18). The van der Waals surface area contributed by atoms with Crippen molar-refractivity contribution in [1.82, 2.24) is 14.9 Å². The van der Waals surface area contributed by atoms with Crippen molar-refractivity contribution >= 4 is 33.3 Å². The van der Waals surface area contributed by atoms with Gasteiger partial charge in [-0.3, -0.25) is 0 Å². The van der Waals surface area contributed by atoms with Crippen molar-refractivity contribution in [1.29, 1.82) is 0 Å². The highest BCUT2D eigenvalue weighted by atomic mass is 32.1. The number of rotatable bonds is 7. The van der Waals surface area contributed by atoms with Crippen LogP contribution in [0.15, 0.2) is 6.07 Å². The van der Waals surface area contributed by atoms with Gasteiger partial charge in [0.25, 0.3) is 0 Å². The molecule has 0 aliphatic heterocycles. The predicted molar refractivity (Wildman–Crippen MR) is 88.0 cm³/mol. The fourth-order valence-electron chi connectivity index (χ4n) is 2.02. The van der Waals surface area contributed by atoms with E-state index in [1.54, 1.807) is 11.3 Å². The van der Waals surface area contributed by atoms with E-state index in [9.17, 15) is 0 Å². The third-order valence-electron chi connectivity index (χ3n) is 2.93. The van der Waals surface area contributed by atoms with Gasteiger partial charge in [0.15, 0.2) is 0 Å². The summed E-state index contributed by atoms with van der Waals surface area (Å²) in [5.41, 5.74) is 0. The van der Waals surface area contributed by atoms with E-state index in [4.69, 9.17) is 0 Å². The van der Waals surface area contributed by atoms with E-state index in [2.05, 4.69) is 59.5 Å². The van der Waals surface area contributed by atoms with Gasteiger partial charge in [0.05, 0.1) is 5.39 Å². The first kappa shape index (κ1) is 15.0. The summed E-state index contributed by atoms with van der Waals surface area (Å²) in [7, 11) is 4.18. The fraction of sp³-hybridized carbons (Fsp3) is 0.571. The topological polar surface area (TPSA) is 53.1 Å². The third kappa shape index (κ3) is 3.80. The first-order chi connectivity index (χ1) is 9.60. The Morgan fingerprint density at radius 2 is 2.05 bits per heavy atom. The van der Waals surface area contributed by atoms with Gasteiger partial charge in [-0.25, -0.2) is 4.98 Å². The summed E-state index contributed by atoms with van der Waals surface area (Å²) < 4.78 is 0. The molecule has 5 nitrogen and oxygen atoms in total. The van der Waals surface area contributed by atoms with Gasteiger partial charge in [-0.2, -0.15) is 4.98 Å². The summed E-state index contributed by atoms with van der Waals surface area (Å²) in [6.45, 7) is 6.98. The van der Waals surface area contributed by atoms with Crippen LogP contribution in [0, 0.1) is 6.92 Å². The molecule has 0 unspecified atom stereocenters. The number of aryl methyl sites for hydroxylation is 1. The van der Waals surface area contributed by atoms with E-state index >= 15 is 0 Å². The molecule has 0 bridgehead atoms. The minimum Gasteiger partial charge on any atom is -0.369 e. The second-order valence-corrected chi connectivity index (χ2v) is 6.32. The molecule has 110 valence electrons. The van der Waals surface area contributed by atoms with Gasteiger partial charge in [-0.15, -0.1) is 11.3 Å². The summed E-state index contributed by atoms with van der Waals surface area (Å²) in [4.78, 5) is 13.6. The van der Waals surface area contributed by atoms with Gasteiger partial charge in [0, 0.05) is 18.0 Å². The number of aromatic nitrogens is 2. The molecule has 0 saturated carbocycles. The lowest BCUT2D eigenvalue weighted by Crippen LogP contribution is -2.17. The highest BCUT2D eigenvalue weighted by molar-refractivity contribution is 7.18. The van der Waals surface area contributed by atoms with Gasteiger partial charge in [-0.1, -0.05) is 0 Å². The Labute approximate surface area is 124 Å². The normalized spacial score (nSPS) is 11.2. The molecular weight excluding hydrogens is 270 g/mol. The minimum atomic E-state index is 0.706. The van der Waals surface area contributed by atoms with Gasteiger partial charge in [-0.05, 0) is 47.0 Å². The number of fused-ring (bicyclic) bond motifs is 1. The van der Waals surface area contributed by atoms with Crippen molar-refractivity contribution < 1.29 is 0 Å². The molecule has 0 aliphatic carbocycles. The van der Waals surface area contributed by atoms with Crippen LogP contribution >= 0.6 is 11.3 Å². The van der Waals surface area contributed by atoms with Gasteiger partial charge >= 0.3 is 0 Å². The minimum absolute atomic E-state index is 0.706. The molecule has 2 aromatic heterocycles. The molecule has 0 aliphatic rings. The average Bonchev–Trinajstić information content (AvgIpc) is 2.75. The first-order valence-corrected chi connectivity index (χ1v) is 7.82. The van der Waals surface area contributed by atoms with Crippen molar-refractivity contribution in [2.75, 3.05) is 44.4 Å². The Balaban J connectivity index is 2.16. The molecule has 0 fully saturated rings. The fourth-order valence-corrected chi connectivity index (χ4v) is 2.90. The Morgan fingerprint density at radius 3 is 2.75 bits per heavy atom. The van der Waals surface area contributed by atoms with E-state index in [0.717, 1.165) is 42.1 Å². The maximum absolute atomic E-state index is 4.58. The quantitative estimate of drug-likeness (QED) is 0.769. The second kappa shape index (κ2) is 6.85. The Morgan fingerprint density at radius 1 is 1.25 bits per heavy atom. The average molecular weight is 293 g/mol. The van der Waals surface area contributed by atoms with Crippen LogP contribution < -0.4 is 10.6 Å². The van der Waals surface area contributed by atoms with Crippen LogP contribution in [0.4, 0.5) is 11.8 Å². The third-order valence-corrected chi connectivity index (χ3v) is 3.87. The highest BCUT2D eigenvalue weighted by Gasteiger charge is 2.09. The number of anilines is 2. The van der Waals surface area contributed by atoms with Crippen molar-refractivity contribution in [3.8, 4) is 0 Å². The number of nitrogens with one attached hydrogen (secondary N) is 2. The van der Waals surface area contributed by atoms with E-state index in [0.29, 0.717) is 5.95 Å². The zero-order valence-electron chi connectivity index (χ0n) is 12.7. The van der Waals surface area contributed by atoms with Crippen LogP contribution in [-0.4, -0.2) is 48.6 Å². The van der Waals surface area contributed by atoms with Crippen LogP contribution in [0.1, 0.15) is 18.2 Å². The molecule has 2 aromatic rings. The summed E-state index contributed by atoms with van der Waals surface area (Å²) in [6, 6.07) is 2.16. The summed E-state index contributed by atoms with van der Waals surface area (Å²) in [5, 5.41) is 7.76. The monoisotopic (exact) mass is 293 g/mol. The molecule has 2 rings (SSSR count). The number of nitrogens with zero attached hydrogens (tertiary/aromatic N) is 3. The maximum Gasteiger partial charge on any atom is 0.226 e. The molecule has 20 heavy (non-hydrogen) atoms. The molecule has 2 heterocycles. The van der Waals surface area contributed by atoms with Crippen LogP contribution in [0.2, 0.25) is 0 Å². The molecule has 0 radical (unpaired) electrons. The van der Waals surface area contributed by atoms with Crippen LogP contribution in [0.25, 0.3) is 10.2 Å². The van der Waals surface area contributed by atoms with Crippen molar-refractivity contribution in [3.63, 3.8) is 0 Å². The van der Waals surface area contributed by atoms with E-state index in [1.807, 2.05) is 0 Å². The van der Waals surface area contributed by atoms with E-state index in [1.165, 1.54) is 4.88 Å². The Bertz CT molecular complexity index is 564. The van der Waals surface area contributed by atoms with Crippen molar-refractivity contribution in [3.05, 3.63) is 10.9 Å². The second-order valence-electron chi connectivity index (χ2n) is 5.09. The van der Waals surface area contributed by atoms with Gasteiger partial charge < -0.3 is 15.5 Å². The lowest BCUT2D eigenvalue weighted by molar-refractivity contribution is 0.405. The maximum atomic E-state index is 4.58. The van der Waals surface area contributed by atoms with Gasteiger partial charge in [0.2, 0.25) is 5.95 Å². The lowest BCUT2D eigenvalue weighted by atomic mass is 10.3. The smallest absolute Gasteiger partial charge is 0.226 e. The molecule has 0 atom stereocenters. The Kier molecular flexibility index (Phi) is 5.14. The SMILES string of the molecule is CCNc1nc(NCCCN(C)C)c2cc(C)sc2n1. The number of thiophene rings is 1. The van der Waals surface area contributed by atoms with Crippen LogP contribution in [0.5, 0.6) is 0 Å². The Hall–Kier alpha value is -1.40. The molecule has 0 spiro atoms. The van der Waals surface area contributed by atoms with Crippen molar-refractivity contribution in [2.45, 2.75) is 20.3 Å². The molecule has 0 amide bonds. The predicted octanol–water partition coefficient (Wildman–Crippen LogP) is 2.80. The highest BCUT2D eigenvalue weighted by Crippen LogP contribution is 2.29. The molecule has 2 N–H and O–H groups in total. The summed E-state index contributed by atoms with van der Waals surface area (Å²) in [6.07, 6.45) is 1.10. The summed E-state index contributed by atoms with van der Waals surface area (Å²) in [5.74, 6) is 1.64. The summed E-state index contributed by atoms with van der Waals surface area (Å²) >= 11 is 1.71. The molecule has 0 aromatic carbocycles. The van der Waals surface area contributed by atoms with E-state index < -0.39 is 0 Å².